The molecule has 0 saturated heterocycles. The third-order valence-corrected chi connectivity index (χ3v) is 5.13. The minimum atomic E-state index is -1.03. The van der Waals surface area contributed by atoms with E-state index in [-0.39, 0.29) is 11.4 Å². The van der Waals surface area contributed by atoms with Crippen LogP contribution >= 0.6 is 23.2 Å². The van der Waals surface area contributed by atoms with Gasteiger partial charge in [0.05, 0.1) is 11.2 Å². The fourth-order valence-corrected chi connectivity index (χ4v) is 3.40. The Labute approximate surface area is 197 Å². The SMILES string of the molecule is O=C(Nc1ccc(Cl)cc1)C(=O)Nn1c(C(=O)Nc2ccccc2F)cc2cc(Cl)ccc21. The Kier molecular flexibility index (Phi) is 6.30. The minimum absolute atomic E-state index is 0.0378. The van der Waals surface area contributed by atoms with Crippen LogP contribution in [0.1, 0.15) is 10.5 Å². The average Bonchev–Trinajstić information content (AvgIpc) is 3.14. The number of benzene rings is 3. The molecule has 0 aliphatic heterocycles. The molecule has 3 N–H and O–H groups in total. The van der Waals surface area contributed by atoms with E-state index in [2.05, 4.69) is 16.1 Å². The topological polar surface area (TPSA) is 92.2 Å². The molecule has 33 heavy (non-hydrogen) atoms. The van der Waals surface area contributed by atoms with Crippen LogP contribution in [0.3, 0.4) is 0 Å². The smallest absolute Gasteiger partial charge is 0.318 e. The summed E-state index contributed by atoms with van der Waals surface area (Å²) in [5, 5.41) is 6.31. The van der Waals surface area contributed by atoms with Crippen molar-refractivity contribution in [1.82, 2.24) is 4.68 Å². The van der Waals surface area contributed by atoms with Gasteiger partial charge in [0.15, 0.2) is 0 Å². The molecule has 0 aliphatic carbocycles. The number of carbonyl (C=O) groups excluding carboxylic acids is 3. The van der Waals surface area contributed by atoms with Crippen LogP contribution in [0, 0.1) is 5.82 Å². The molecule has 0 bridgehead atoms. The van der Waals surface area contributed by atoms with Gasteiger partial charge in [-0.15, -0.1) is 0 Å². The van der Waals surface area contributed by atoms with Gasteiger partial charge in [0.1, 0.15) is 11.5 Å². The third-order valence-electron chi connectivity index (χ3n) is 4.64. The summed E-state index contributed by atoms with van der Waals surface area (Å²) in [6, 6.07) is 18.0. The van der Waals surface area contributed by atoms with Crippen LogP contribution in [0.5, 0.6) is 0 Å². The quantitative estimate of drug-likeness (QED) is 0.354. The summed E-state index contributed by atoms with van der Waals surface area (Å²) in [7, 11) is 0. The molecule has 1 aromatic heterocycles. The molecule has 0 spiro atoms. The second kappa shape index (κ2) is 9.32. The summed E-state index contributed by atoms with van der Waals surface area (Å²) in [5.74, 6) is -3.32. The zero-order valence-corrected chi connectivity index (χ0v) is 18.2. The predicted octanol–water partition coefficient (Wildman–Crippen LogP) is 5.05. The number of halogens is 3. The summed E-state index contributed by atoms with van der Waals surface area (Å²) in [5.41, 5.74) is 3.10. The van der Waals surface area contributed by atoms with E-state index in [1.54, 1.807) is 36.4 Å². The van der Waals surface area contributed by atoms with Gasteiger partial charge in [0, 0.05) is 21.1 Å². The van der Waals surface area contributed by atoms with Gasteiger partial charge in [0.25, 0.3) is 5.91 Å². The standard InChI is InChI=1S/C23H15Cl2FN4O3/c24-14-5-8-16(9-6-14)27-22(32)23(33)29-30-19-10-7-15(25)11-13(19)12-20(30)21(31)28-18-4-2-1-3-17(18)26/h1-12H,(H,27,32)(H,28,31)(H,29,33). The largest absolute Gasteiger partial charge is 0.328 e. The van der Waals surface area contributed by atoms with Gasteiger partial charge in [-0.1, -0.05) is 35.3 Å². The number of aromatic nitrogens is 1. The van der Waals surface area contributed by atoms with Crippen LogP contribution in [0.2, 0.25) is 10.0 Å². The molecule has 4 rings (SSSR count). The second-order valence-electron chi connectivity index (χ2n) is 6.90. The van der Waals surface area contributed by atoms with Crippen molar-refractivity contribution in [3.63, 3.8) is 0 Å². The maximum Gasteiger partial charge on any atom is 0.328 e. The number of nitrogens with zero attached hydrogens (tertiary/aromatic N) is 1. The molecule has 0 atom stereocenters. The highest BCUT2D eigenvalue weighted by Crippen LogP contribution is 2.24. The molecule has 4 aromatic rings. The minimum Gasteiger partial charge on any atom is -0.318 e. The fraction of sp³-hybridized carbons (Fsp3) is 0. The fourth-order valence-electron chi connectivity index (χ4n) is 3.10. The Morgan fingerprint density at radius 1 is 0.788 bits per heavy atom. The van der Waals surface area contributed by atoms with Gasteiger partial charge in [-0.3, -0.25) is 19.8 Å². The van der Waals surface area contributed by atoms with E-state index in [4.69, 9.17) is 23.2 Å². The highest BCUT2D eigenvalue weighted by molar-refractivity contribution is 6.42. The van der Waals surface area contributed by atoms with E-state index >= 15 is 0 Å². The summed E-state index contributed by atoms with van der Waals surface area (Å²) in [6.07, 6.45) is 0. The molecule has 10 heteroatoms. The Balaban J connectivity index is 1.63. The highest BCUT2D eigenvalue weighted by Gasteiger charge is 2.21. The molecule has 0 fully saturated rings. The first-order valence-electron chi connectivity index (χ1n) is 9.56. The number of para-hydroxylation sites is 1. The first-order chi connectivity index (χ1) is 15.8. The number of carbonyl (C=O) groups is 3. The molecular formula is C23H15Cl2FN4O3. The molecule has 1 heterocycles. The summed E-state index contributed by atoms with van der Waals surface area (Å²) in [4.78, 5) is 37.9. The summed E-state index contributed by atoms with van der Waals surface area (Å²) >= 11 is 11.9. The van der Waals surface area contributed by atoms with E-state index in [0.717, 1.165) is 4.68 Å². The number of hydrogen-bond donors (Lipinski definition) is 3. The lowest BCUT2D eigenvalue weighted by Crippen LogP contribution is -2.36. The summed E-state index contributed by atoms with van der Waals surface area (Å²) in [6.45, 7) is 0. The maximum absolute atomic E-state index is 14.0. The molecule has 166 valence electrons. The van der Waals surface area contributed by atoms with Crippen molar-refractivity contribution >= 4 is 63.2 Å². The van der Waals surface area contributed by atoms with E-state index in [0.29, 0.717) is 26.6 Å². The lowest BCUT2D eigenvalue weighted by atomic mass is 10.2. The van der Waals surface area contributed by atoms with Crippen molar-refractivity contribution < 1.29 is 18.8 Å². The van der Waals surface area contributed by atoms with Gasteiger partial charge in [-0.2, -0.15) is 0 Å². The molecular weight excluding hydrogens is 470 g/mol. The van der Waals surface area contributed by atoms with Gasteiger partial charge >= 0.3 is 11.8 Å². The van der Waals surface area contributed by atoms with Crippen molar-refractivity contribution in [2.75, 3.05) is 16.1 Å². The molecule has 0 saturated carbocycles. The Hall–Kier alpha value is -3.88. The van der Waals surface area contributed by atoms with Crippen molar-refractivity contribution in [2.45, 2.75) is 0 Å². The second-order valence-corrected chi connectivity index (χ2v) is 7.78. The third kappa shape index (κ3) is 4.97. The molecule has 0 unspecified atom stereocenters. The first-order valence-corrected chi connectivity index (χ1v) is 10.3. The van der Waals surface area contributed by atoms with E-state index in [1.807, 2.05) is 0 Å². The van der Waals surface area contributed by atoms with Crippen LogP contribution in [0.25, 0.3) is 10.9 Å². The van der Waals surface area contributed by atoms with Crippen molar-refractivity contribution in [3.05, 3.63) is 94.4 Å². The average molecular weight is 485 g/mol. The Morgan fingerprint density at radius 2 is 1.48 bits per heavy atom. The van der Waals surface area contributed by atoms with Gasteiger partial charge in [0.2, 0.25) is 0 Å². The molecule has 0 aliphatic rings. The van der Waals surface area contributed by atoms with Crippen molar-refractivity contribution in [3.8, 4) is 0 Å². The zero-order valence-electron chi connectivity index (χ0n) is 16.7. The zero-order chi connectivity index (χ0) is 23.5. The number of anilines is 2. The molecule has 7 nitrogen and oxygen atoms in total. The van der Waals surface area contributed by atoms with Crippen LogP contribution in [-0.4, -0.2) is 22.4 Å². The summed E-state index contributed by atoms with van der Waals surface area (Å²) < 4.78 is 15.1. The van der Waals surface area contributed by atoms with Crippen molar-refractivity contribution in [2.24, 2.45) is 0 Å². The van der Waals surface area contributed by atoms with Crippen LogP contribution < -0.4 is 16.1 Å². The number of nitrogens with one attached hydrogen (secondary N) is 3. The van der Waals surface area contributed by atoms with Crippen LogP contribution in [0.15, 0.2) is 72.8 Å². The molecule has 3 amide bonds. The van der Waals surface area contributed by atoms with Crippen LogP contribution in [0.4, 0.5) is 15.8 Å². The van der Waals surface area contributed by atoms with E-state index in [9.17, 15) is 18.8 Å². The lowest BCUT2D eigenvalue weighted by Gasteiger charge is -2.13. The number of amides is 3. The molecule has 0 radical (unpaired) electrons. The van der Waals surface area contributed by atoms with Crippen LogP contribution in [-0.2, 0) is 9.59 Å². The highest BCUT2D eigenvalue weighted by atomic mass is 35.5. The molecule has 3 aromatic carbocycles. The number of rotatable bonds is 4. The first kappa shape index (κ1) is 22.3. The van der Waals surface area contributed by atoms with Gasteiger partial charge in [-0.05, 0) is 60.7 Å². The normalized spacial score (nSPS) is 10.6. The van der Waals surface area contributed by atoms with E-state index < -0.39 is 23.5 Å². The monoisotopic (exact) mass is 484 g/mol. The Morgan fingerprint density at radius 3 is 2.21 bits per heavy atom. The lowest BCUT2D eigenvalue weighted by molar-refractivity contribution is -0.133. The van der Waals surface area contributed by atoms with Gasteiger partial charge < -0.3 is 10.6 Å². The number of fused-ring (bicyclic) bond motifs is 1. The number of hydrogen-bond acceptors (Lipinski definition) is 3. The Bertz CT molecular complexity index is 1390. The van der Waals surface area contributed by atoms with E-state index in [1.165, 1.54) is 36.4 Å². The van der Waals surface area contributed by atoms with Gasteiger partial charge in [-0.25, -0.2) is 9.07 Å². The maximum atomic E-state index is 14.0. The predicted molar refractivity (Wildman–Crippen MR) is 126 cm³/mol. The van der Waals surface area contributed by atoms with Crippen molar-refractivity contribution in [1.29, 1.82) is 0 Å².